The van der Waals surface area contributed by atoms with Gasteiger partial charge in [0.15, 0.2) is 0 Å². The van der Waals surface area contributed by atoms with Crippen LogP contribution in [0.4, 0.5) is 0 Å². The van der Waals surface area contributed by atoms with E-state index in [0.29, 0.717) is 0 Å². The first kappa shape index (κ1) is 19.4. The van der Waals surface area contributed by atoms with Gasteiger partial charge in [-0.2, -0.15) is 0 Å². The lowest BCUT2D eigenvalue weighted by atomic mass is 10.2. The Morgan fingerprint density at radius 3 is 1.62 bits per heavy atom. The van der Waals surface area contributed by atoms with Gasteiger partial charge in [0.1, 0.15) is 16.1 Å². The van der Waals surface area contributed by atoms with Crippen LogP contribution in [0.2, 0.25) is 23.2 Å². The number of rotatable bonds is 1. The summed E-state index contributed by atoms with van der Waals surface area (Å²) in [5.74, 6) is 0. The van der Waals surface area contributed by atoms with E-state index in [1.165, 1.54) is 5.56 Å². The monoisotopic (exact) mass is 378 g/mol. The molecular formula is C24H34Si2. The first-order valence-corrected chi connectivity index (χ1v) is 14.9. The van der Waals surface area contributed by atoms with Gasteiger partial charge in [-0.3, -0.25) is 0 Å². The molecule has 2 atom stereocenters. The maximum Gasteiger partial charge on any atom is 0.120 e. The van der Waals surface area contributed by atoms with E-state index in [1.807, 2.05) is 0 Å². The average Bonchev–Trinajstić information content (AvgIpc) is 2.57. The summed E-state index contributed by atoms with van der Waals surface area (Å²) in [6.45, 7) is 19.9. The maximum absolute atomic E-state index is 2.78. The summed E-state index contributed by atoms with van der Waals surface area (Å²) in [5.41, 5.74) is 4.22. The van der Waals surface area contributed by atoms with Crippen LogP contribution in [0.25, 0.3) is 5.20 Å². The minimum absolute atomic E-state index is 0.262. The zero-order valence-electron chi connectivity index (χ0n) is 17.8. The molecule has 0 radical (unpaired) electrons. The SMILES string of the molecule is CC(C)(C)[Si@]1(C)C=C(c2ccccc2)[Si@@](C)(C(C)(C)C)c2ccccc21. The molecule has 138 valence electrons. The Hall–Kier alpha value is -1.39. The topological polar surface area (TPSA) is 0 Å². The standard InChI is InChI=1S/C24H34Si2/c1-23(2,3)25(7)18-22(19-14-10-9-11-15-19)26(8,24(4,5)6)21-17-13-12-16-20(21)25/h9-18H,1-8H3/t25-,26+/m1/s1. The van der Waals surface area contributed by atoms with Crippen molar-refractivity contribution in [3.63, 3.8) is 0 Å². The molecule has 3 rings (SSSR count). The van der Waals surface area contributed by atoms with Gasteiger partial charge in [0.2, 0.25) is 0 Å². The summed E-state index contributed by atoms with van der Waals surface area (Å²) >= 11 is 0. The second-order valence-electron chi connectivity index (χ2n) is 10.3. The normalized spacial score (nSPS) is 26.2. The van der Waals surface area contributed by atoms with Crippen LogP contribution in [0.15, 0.2) is 60.3 Å². The Morgan fingerprint density at radius 2 is 1.12 bits per heavy atom. The van der Waals surface area contributed by atoms with E-state index in [-0.39, 0.29) is 10.1 Å². The Bertz CT molecular complexity index is 837. The van der Waals surface area contributed by atoms with Gasteiger partial charge in [0.05, 0.1) is 0 Å². The lowest BCUT2D eigenvalue weighted by Crippen LogP contribution is -2.70. The van der Waals surface area contributed by atoms with E-state index in [9.17, 15) is 0 Å². The molecule has 0 N–H and O–H groups in total. The summed E-state index contributed by atoms with van der Waals surface area (Å²) in [4.78, 5) is 0. The molecule has 1 aliphatic rings. The third-order valence-corrected chi connectivity index (χ3v) is 19.2. The van der Waals surface area contributed by atoms with E-state index in [4.69, 9.17) is 0 Å². The van der Waals surface area contributed by atoms with E-state index < -0.39 is 16.1 Å². The smallest absolute Gasteiger partial charge is 0.0894 e. The summed E-state index contributed by atoms with van der Waals surface area (Å²) in [6.07, 6.45) is 0. The van der Waals surface area contributed by atoms with Gasteiger partial charge >= 0.3 is 0 Å². The third kappa shape index (κ3) is 2.69. The van der Waals surface area contributed by atoms with E-state index in [2.05, 4.69) is 115 Å². The van der Waals surface area contributed by atoms with E-state index in [0.717, 1.165) is 0 Å². The van der Waals surface area contributed by atoms with Crippen LogP contribution in [-0.4, -0.2) is 16.1 Å². The molecule has 2 aromatic rings. The van der Waals surface area contributed by atoms with Crippen molar-refractivity contribution < 1.29 is 0 Å². The largest absolute Gasteiger partial charge is 0.120 e. The van der Waals surface area contributed by atoms with Crippen molar-refractivity contribution in [2.75, 3.05) is 0 Å². The summed E-state index contributed by atoms with van der Waals surface area (Å²) in [5, 5.41) is 5.57. The van der Waals surface area contributed by atoms with Gasteiger partial charge in [-0.15, -0.1) is 0 Å². The molecule has 0 spiro atoms. The molecule has 0 fully saturated rings. The molecule has 1 aliphatic heterocycles. The van der Waals surface area contributed by atoms with Gasteiger partial charge in [-0.05, 0) is 15.6 Å². The first-order valence-electron chi connectivity index (χ1n) is 9.82. The zero-order chi connectivity index (χ0) is 19.4. The van der Waals surface area contributed by atoms with Crippen LogP contribution in [0.3, 0.4) is 0 Å². The van der Waals surface area contributed by atoms with Crippen molar-refractivity contribution in [1.82, 2.24) is 0 Å². The summed E-state index contributed by atoms with van der Waals surface area (Å²) < 4.78 is 0. The second-order valence-corrected chi connectivity index (χ2v) is 19.9. The Labute approximate surface area is 162 Å². The van der Waals surface area contributed by atoms with Crippen LogP contribution >= 0.6 is 0 Å². The van der Waals surface area contributed by atoms with E-state index >= 15 is 0 Å². The zero-order valence-corrected chi connectivity index (χ0v) is 19.8. The van der Waals surface area contributed by atoms with Crippen LogP contribution in [0.5, 0.6) is 0 Å². The third-order valence-electron chi connectivity index (χ3n) is 7.14. The number of benzene rings is 2. The van der Waals surface area contributed by atoms with Crippen LogP contribution < -0.4 is 10.4 Å². The van der Waals surface area contributed by atoms with Gasteiger partial charge in [-0.1, -0.05) is 131 Å². The molecule has 0 bridgehead atoms. The van der Waals surface area contributed by atoms with Crippen LogP contribution in [0, 0.1) is 0 Å². The quantitative estimate of drug-likeness (QED) is 0.531. The fourth-order valence-electron chi connectivity index (χ4n) is 4.45. The van der Waals surface area contributed by atoms with Gasteiger partial charge in [0, 0.05) is 0 Å². The van der Waals surface area contributed by atoms with Crippen molar-refractivity contribution in [2.24, 2.45) is 0 Å². The van der Waals surface area contributed by atoms with Crippen LogP contribution in [0.1, 0.15) is 47.1 Å². The molecule has 0 aromatic heterocycles. The predicted molar refractivity (Wildman–Crippen MR) is 123 cm³/mol. The lowest BCUT2D eigenvalue weighted by Gasteiger charge is -2.52. The van der Waals surface area contributed by atoms with Gasteiger partial charge in [-0.25, -0.2) is 0 Å². The molecule has 0 saturated carbocycles. The molecular weight excluding hydrogens is 344 g/mol. The Balaban J connectivity index is 2.44. The predicted octanol–water partition coefficient (Wildman–Crippen LogP) is 6.03. The lowest BCUT2D eigenvalue weighted by molar-refractivity contribution is 0.728. The molecule has 2 heteroatoms. The highest BCUT2D eigenvalue weighted by molar-refractivity contribution is 7.16. The molecule has 0 unspecified atom stereocenters. The fourth-order valence-corrected chi connectivity index (χ4v) is 14.9. The molecule has 0 nitrogen and oxygen atoms in total. The molecule has 0 saturated heterocycles. The fraction of sp³-hybridized carbons (Fsp3) is 0.417. The Kier molecular flexibility index (Phi) is 4.52. The minimum atomic E-state index is -1.90. The van der Waals surface area contributed by atoms with Gasteiger partial charge in [0.25, 0.3) is 0 Å². The first-order chi connectivity index (χ1) is 11.9. The highest BCUT2D eigenvalue weighted by Gasteiger charge is 2.54. The van der Waals surface area contributed by atoms with Crippen molar-refractivity contribution in [3.8, 4) is 0 Å². The molecule has 0 amide bonds. The minimum Gasteiger partial charge on any atom is -0.0894 e. The summed E-state index contributed by atoms with van der Waals surface area (Å²) in [6, 6.07) is 20.6. The molecule has 26 heavy (non-hydrogen) atoms. The summed E-state index contributed by atoms with van der Waals surface area (Å²) in [7, 11) is -3.70. The van der Waals surface area contributed by atoms with Gasteiger partial charge < -0.3 is 0 Å². The number of hydrogen-bond donors (Lipinski definition) is 0. The van der Waals surface area contributed by atoms with E-state index in [1.54, 1.807) is 15.6 Å². The van der Waals surface area contributed by atoms with Crippen molar-refractivity contribution in [3.05, 3.63) is 65.9 Å². The maximum atomic E-state index is 2.78. The molecule has 0 aliphatic carbocycles. The average molecular weight is 379 g/mol. The van der Waals surface area contributed by atoms with Crippen molar-refractivity contribution in [2.45, 2.75) is 64.7 Å². The van der Waals surface area contributed by atoms with Crippen LogP contribution in [-0.2, 0) is 0 Å². The molecule has 2 aromatic carbocycles. The Morgan fingerprint density at radius 1 is 0.615 bits per heavy atom. The molecule has 1 heterocycles. The van der Waals surface area contributed by atoms with Crippen molar-refractivity contribution in [1.29, 1.82) is 0 Å². The van der Waals surface area contributed by atoms with Crippen molar-refractivity contribution >= 4 is 31.7 Å². The highest BCUT2D eigenvalue weighted by atomic mass is 28.3. The second kappa shape index (κ2) is 6.07. The number of hydrogen-bond acceptors (Lipinski definition) is 0. The number of fused-ring (bicyclic) bond motifs is 1. The highest BCUT2D eigenvalue weighted by Crippen LogP contribution is 2.49.